The molecule has 2 bridgehead atoms. The summed E-state index contributed by atoms with van der Waals surface area (Å²) in [5.74, 6) is 0.201. The van der Waals surface area contributed by atoms with Crippen LogP contribution in [-0.2, 0) is 4.79 Å². The molecule has 0 heterocycles. The van der Waals surface area contributed by atoms with Crippen molar-refractivity contribution in [3.8, 4) is 0 Å². The van der Waals surface area contributed by atoms with Crippen LogP contribution in [0, 0.1) is 0 Å². The number of rotatable bonds is 0. The lowest BCUT2D eigenvalue weighted by Gasteiger charge is -2.10. The number of ketones is 1. The Labute approximate surface area is 75.2 Å². The van der Waals surface area contributed by atoms with E-state index in [-0.39, 0.29) is 11.0 Å². The highest BCUT2D eigenvalue weighted by atomic mass is 35.5. The first-order valence-corrected chi connectivity index (χ1v) is 3.80. The van der Waals surface area contributed by atoms with Gasteiger partial charge in [-0.25, -0.2) is 0 Å². The Hall–Kier alpha value is -1.15. The highest BCUT2D eigenvalue weighted by molar-refractivity contribution is 6.62. The third kappa shape index (κ3) is 1.92. The molecule has 0 saturated carbocycles. The minimum Gasteiger partial charge on any atom is -0.289 e. The molecule has 1 aromatic rings. The van der Waals surface area contributed by atoms with Crippen LogP contribution in [0.4, 0.5) is 0 Å². The van der Waals surface area contributed by atoms with Crippen LogP contribution in [0.1, 0.15) is 22.8 Å². The fraction of sp³-hybridized carbons (Fsp3) is 0.111. The van der Waals surface area contributed by atoms with Gasteiger partial charge in [0, 0.05) is 18.1 Å². The van der Waals surface area contributed by atoms with E-state index < -0.39 is 0 Å². The first-order chi connectivity index (χ1) is 5.61. The van der Waals surface area contributed by atoms with Gasteiger partial charge in [0.15, 0.2) is 5.78 Å². The molecule has 0 radical (unpaired) electrons. The first-order valence-electron chi connectivity index (χ1n) is 3.42. The molecule has 0 fully saturated rings. The van der Waals surface area contributed by atoms with E-state index in [1.807, 2.05) is 24.3 Å². The maximum atomic E-state index is 10.7. The van der Waals surface area contributed by atoms with Crippen LogP contribution in [0.2, 0.25) is 0 Å². The number of fused-ring (bicyclic) bond motifs is 2. The predicted molar refractivity (Wildman–Crippen MR) is 46.4 cm³/mol. The molecule has 0 spiro atoms. The van der Waals surface area contributed by atoms with E-state index in [1.54, 1.807) is 0 Å². The normalized spacial score (nSPS) is 11.0. The van der Waals surface area contributed by atoms with Gasteiger partial charge in [-0.15, -0.1) is 0 Å². The number of hydrogen-bond acceptors (Lipinski definition) is 2. The van der Waals surface area contributed by atoms with E-state index in [2.05, 4.69) is 11.6 Å². The molecule has 0 unspecified atom stereocenters. The fourth-order valence-electron chi connectivity index (χ4n) is 0.891. The van der Waals surface area contributed by atoms with E-state index in [1.165, 1.54) is 6.92 Å². The van der Waals surface area contributed by atoms with Crippen molar-refractivity contribution in [2.24, 2.45) is 0 Å². The van der Waals surface area contributed by atoms with E-state index in [9.17, 15) is 9.59 Å². The van der Waals surface area contributed by atoms with Gasteiger partial charge in [0.2, 0.25) is 5.24 Å². The minimum absolute atomic E-state index is 0.201. The summed E-state index contributed by atoms with van der Waals surface area (Å²) in [7, 11) is 0. The monoisotopic (exact) mass is 182 g/mol. The zero-order chi connectivity index (χ0) is 9.14. The first kappa shape index (κ1) is 8.94. The summed E-state index contributed by atoms with van der Waals surface area (Å²) >= 11 is 4.64. The Bertz CT molecular complexity index is 298. The molecule has 0 N–H and O–H groups in total. The number of carbonyl (C=O) groups excluding carboxylic acids is 2. The smallest absolute Gasteiger partial charge is 0.218 e. The molecular formula is C9H7ClO2. The Morgan fingerprint density at radius 1 is 1.33 bits per heavy atom. The summed E-state index contributed by atoms with van der Waals surface area (Å²) in [6.45, 7) is 1.29. The maximum Gasteiger partial charge on any atom is 0.218 e. The molecule has 62 valence electrons. The van der Waals surface area contributed by atoms with Crippen molar-refractivity contribution in [2.75, 3.05) is 0 Å². The van der Waals surface area contributed by atoms with Crippen molar-refractivity contribution in [1.29, 1.82) is 0 Å². The summed E-state index contributed by atoms with van der Waals surface area (Å²) < 4.78 is 0. The molecule has 3 heteroatoms. The van der Waals surface area contributed by atoms with E-state index in [0.29, 0.717) is 0 Å². The second-order valence-corrected chi connectivity index (χ2v) is 2.91. The largest absolute Gasteiger partial charge is 0.289 e. The molecule has 0 atom stereocenters. The van der Waals surface area contributed by atoms with Gasteiger partial charge >= 0.3 is 0 Å². The number of halogens is 1. The van der Waals surface area contributed by atoms with Crippen LogP contribution in [0.3, 0.4) is 0 Å². The van der Waals surface area contributed by atoms with E-state index in [4.69, 9.17) is 0 Å². The Morgan fingerprint density at radius 2 is 1.75 bits per heavy atom. The van der Waals surface area contributed by atoms with Gasteiger partial charge in [-0.1, -0.05) is 18.2 Å². The maximum absolute atomic E-state index is 10.7. The topological polar surface area (TPSA) is 34.1 Å². The van der Waals surface area contributed by atoms with Crippen molar-refractivity contribution in [1.82, 2.24) is 0 Å². The lowest BCUT2D eigenvalue weighted by Crippen LogP contribution is -2.10. The summed E-state index contributed by atoms with van der Waals surface area (Å²) in [5, 5.41) is -0.361. The van der Waals surface area contributed by atoms with Crippen molar-refractivity contribution in [3.63, 3.8) is 0 Å². The molecule has 0 saturated heterocycles. The fourth-order valence-corrected chi connectivity index (χ4v) is 0.891. The standard InChI is InChI=1S/C7H4O.C2H3ClO/c8-7-5-2-1-3-6(7)4-5;1-2(3)4/h1-4H;1H3. The second-order valence-electron chi connectivity index (χ2n) is 2.38. The molecule has 1 aromatic carbocycles. The third-order valence-electron chi connectivity index (χ3n) is 1.39. The van der Waals surface area contributed by atoms with E-state index in [0.717, 1.165) is 11.1 Å². The highest BCUT2D eigenvalue weighted by Crippen LogP contribution is 2.19. The zero-order valence-electron chi connectivity index (χ0n) is 6.50. The molecule has 12 heavy (non-hydrogen) atoms. The summed E-state index contributed by atoms with van der Waals surface area (Å²) in [5.41, 5.74) is 1.70. The molecular weight excluding hydrogens is 176 g/mol. The van der Waals surface area contributed by atoms with Gasteiger partial charge in [-0.3, -0.25) is 9.59 Å². The van der Waals surface area contributed by atoms with Crippen LogP contribution in [0.5, 0.6) is 0 Å². The molecule has 0 aliphatic heterocycles. The van der Waals surface area contributed by atoms with Gasteiger partial charge < -0.3 is 0 Å². The summed E-state index contributed by atoms with van der Waals surface area (Å²) in [6, 6.07) is 7.44. The van der Waals surface area contributed by atoms with Gasteiger partial charge in [0.1, 0.15) is 0 Å². The second kappa shape index (κ2) is 3.50. The average Bonchev–Trinajstić information content (AvgIpc) is 2.04. The van der Waals surface area contributed by atoms with Crippen LogP contribution in [0.15, 0.2) is 24.3 Å². The number of carbonyl (C=O) groups is 2. The molecule has 0 aromatic heterocycles. The number of benzene rings is 1. The van der Waals surface area contributed by atoms with Crippen LogP contribution in [0.25, 0.3) is 0 Å². The summed E-state index contributed by atoms with van der Waals surface area (Å²) in [6.07, 6.45) is 0. The van der Waals surface area contributed by atoms with Crippen molar-refractivity contribution in [3.05, 3.63) is 35.4 Å². The van der Waals surface area contributed by atoms with Crippen LogP contribution < -0.4 is 0 Å². The lowest BCUT2D eigenvalue weighted by atomic mass is 9.92. The van der Waals surface area contributed by atoms with Gasteiger partial charge in [0.25, 0.3) is 0 Å². The van der Waals surface area contributed by atoms with Crippen molar-refractivity contribution < 1.29 is 9.59 Å². The highest BCUT2D eigenvalue weighted by Gasteiger charge is 2.17. The predicted octanol–water partition coefficient (Wildman–Crippen LogP) is 2.00. The Kier molecular flexibility index (Phi) is 2.61. The van der Waals surface area contributed by atoms with Crippen LogP contribution in [-0.4, -0.2) is 11.0 Å². The quantitative estimate of drug-likeness (QED) is 0.584. The van der Waals surface area contributed by atoms with Crippen molar-refractivity contribution >= 4 is 22.6 Å². The molecule has 0 amide bonds. The number of hydrogen-bond donors (Lipinski definition) is 0. The molecule has 2 nitrogen and oxygen atoms in total. The van der Waals surface area contributed by atoms with E-state index >= 15 is 0 Å². The molecule has 2 aliphatic rings. The SMILES string of the molecule is CC(=O)Cl.O=C1c2cccc1c2. The van der Waals surface area contributed by atoms with Gasteiger partial charge in [0.05, 0.1) is 0 Å². The molecule has 3 rings (SSSR count). The average molecular weight is 183 g/mol. The van der Waals surface area contributed by atoms with Gasteiger partial charge in [-0.2, -0.15) is 0 Å². The van der Waals surface area contributed by atoms with Crippen LogP contribution >= 0.6 is 11.6 Å². The Balaban J connectivity index is 0.000000157. The lowest BCUT2D eigenvalue weighted by molar-refractivity contribution is -0.109. The minimum atomic E-state index is -0.361. The van der Waals surface area contributed by atoms with Crippen molar-refractivity contribution in [2.45, 2.75) is 6.92 Å². The molecule has 2 aliphatic carbocycles. The Morgan fingerprint density at radius 3 is 1.92 bits per heavy atom. The van der Waals surface area contributed by atoms with Gasteiger partial charge in [-0.05, 0) is 17.7 Å². The summed E-state index contributed by atoms with van der Waals surface area (Å²) in [4.78, 5) is 19.9. The third-order valence-corrected chi connectivity index (χ3v) is 1.39. The zero-order valence-corrected chi connectivity index (χ0v) is 7.26.